The summed E-state index contributed by atoms with van der Waals surface area (Å²) >= 11 is 6.54. The highest BCUT2D eigenvalue weighted by Crippen LogP contribution is 2.43. The normalized spacial score (nSPS) is 17.8. The van der Waals surface area contributed by atoms with Gasteiger partial charge in [0.2, 0.25) is 0 Å². The van der Waals surface area contributed by atoms with Crippen LogP contribution in [-0.4, -0.2) is 38.1 Å². The van der Waals surface area contributed by atoms with E-state index in [2.05, 4.69) is 17.1 Å². The predicted octanol–water partition coefficient (Wildman–Crippen LogP) is 2.72. The highest BCUT2D eigenvalue weighted by Gasteiger charge is 2.35. The third-order valence-corrected chi connectivity index (χ3v) is 6.19. The summed E-state index contributed by atoms with van der Waals surface area (Å²) in [6.07, 6.45) is -4.09. The summed E-state index contributed by atoms with van der Waals surface area (Å²) in [6.45, 7) is 1.84. The zero-order chi connectivity index (χ0) is 23.7. The first kappa shape index (κ1) is 24.3. The van der Waals surface area contributed by atoms with Crippen molar-refractivity contribution in [1.29, 1.82) is 0 Å². The Morgan fingerprint density at radius 2 is 1.88 bits per heavy atom. The number of nitrogens with two attached hydrogens (primary N) is 1. The molecule has 0 radical (unpaired) electrons. The van der Waals surface area contributed by atoms with E-state index in [0.29, 0.717) is 23.9 Å². The number of alkyl halides is 3. The highest BCUT2D eigenvalue weighted by molar-refractivity contribution is 7.85. The van der Waals surface area contributed by atoms with Crippen molar-refractivity contribution < 1.29 is 40.7 Å². The van der Waals surface area contributed by atoms with Gasteiger partial charge in [-0.25, -0.2) is 0 Å². The van der Waals surface area contributed by atoms with Gasteiger partial charge in [0, 0.05) is 18.0 Å². The molecule has 0 saturated heterocycles. The van der Waals surface area contributed by atoms with Gasteiger partial charge >= 0.3 is 12.1 Å². The van der Waals surface area contributed by atoms with E-state index in [4.69, 9.17) is 30.7 Å². The Bertz CT molecular complexity index is 1120. The number of fused-ring (bicyclic) bond motifs is 2. The number of carbonyl (C=O) groups excluding carboxylic acids is 1. The molecular formula is C19H18ClF3N2O6S. The van der Waals surface area contributed by atoms with Gasteiger partial charge < -0.3 is 15.9 Å². The first-order chi connectivity index (χ1) is 14.9. The molecule has 2 aliphatic heterocycles. The first-order valence-electron chi connectivity index (χ1n) is 9.18. The van der Waals surface area contributed by atoms with Crippen LogP contribution in [0.2, 0.25) is 5.02 Å². The second kappa shape index (κ2) is 9.24. The second-order valence-electron chi connectivity index (χ2n) is 7.00. The number of halogens is 4. The lowest BCUT2D eigenvalue weighted by atomic mass is 9.87. The summed E-state index contributed by atoms with van der Waals surface area (Å²) in [7, 11) is -4.20. The van der Waals surface area contributed by atoms with Gasteiger partial charge in [0.25, 0.3) is 10.1 Å². The lowest BCUT2D eigenvalue weighted by molar-refractivity contribution is -0.194. The Morgan fingerprint density at radius 3 is 2.44 bits per heavy atom. The van der Waals surface area contributed by atoms with Crippen LogP contribution in [0.3, 0.4) is 0 Å². The van der Waals surface area contributed by atoms with Crippen LogP contribution in [0.5, 0.6) is 5.75 Å². The summed E-state index contributed by atoms with van der Waals surface area (Å²) < 4.78 is 63.7. The van der Waals surface area contributed by atoms with Crippen LogP contribution >= 0.6 is 11.6 Å². The van der Waals surface area contributed by atoms with E-state index in [1.54, 1.807) is 12.1 Å². The van der Waals surface area contributed by atoms with E-state index in [0.717, 1.165) is 35.2 Å². The van der Waals surface area contributed by atoms with Crippen molar-refractivity contribution in [2.75, 3.05) is 13.1 Å². The van der Waals surface area contributed by atoms with Crippen LogP contribution in [0.4, 0.5) is 13.2 Å². The molecule has 0 saturated carbocycles. The Hall–Kier alpha value is -2.38. The monoisotopic (exact) mass is 494 g/mol. The molecule has 4 rings (SSSR count). The van der Waals surface area contributed by atoms with E-state index in [-0.39, 0.29) is 10.8 Å². The minimum absolute atomic E-state index is 0.0105. The molecule has 32 heavy (non-hydrogen) atoms. The Labute approximate surface area is 186 Å². The highest BCUT2D eigenvalue weighted by atomic mass is 35.5. The van der Waals surface area contributed by atoms with Crippen molar-refractivity contribution in [3.8, 4) is 5.75 Å². The van der Waals surface area contributed by atoms with Crippen molar-refractivity contribution in [3.63, 3.8) is 0 Å². The van der Waals surface area contributed by atoms with Crippen LogP contribution in [0.25, 0.3) is 0 Å². The molecule has 8 nitrogen and oxygen atoms in total. The smallest absolute Gasteiger partial charge is 0.362 e. The van der Waals surface area contributed by atoms with Crippen LogP contribution < -0.4 is 15.9 Å². The molecule has 1 amide bonds. The van der Waals surface area contributed by atoms with Crippen molar-refractivity contribution in [2.24, 2.45) is 5.73 Å². The fourth-order valence-electron chi connectivity index (χ4n) is 3.40. The fraction of sp³-hybridized carbons (Fsp3) is 0.316. The van der Waals surface area contributed by atoms with Gasteiger partial charge in [-0.2, -0.15) is 26.5 Å². The summed E-state index contributed by atoms with van der Waals surface area (Å²) in [5.74, 6) is -1.66. The number of primary amides is 1. The molecule has 2 aliphatic rings. The molecule has 13 heteroatoms. The number of amides is 1. The van der Waals surface area contributed by atoms with Crippen molar-refractivity contribution in [1.82, 2.24) is 5.32 Å². The summed E-state index contributed by atoms with van der Waals surface area (Å²) in [4.78, 5) is 19.2. The summed E-state index contributed by atoms with van der Waals surface area (Å²) in [6, 6.07) is 8.32. The zero-order valence-electron chi connectivity index (χ0n) is 16.3. The number of hydrogen-bond acceptors (Lipinski definition) is 6. The van der Waals surface area contributed by atoms with E-state index >= 15 is 0 Å². The van der Waals surface area contributed by atoms with Gasteiger partial charge in [0.05, 0.1) is 9.92 Å². The molecular weight excluding hydrogens is 477 g/mol. The molecule has 2 heterocycles. The largest absolute Gasteiger partial charge is 0.470 e. The number of rotatable bonds is 2. The van der Waals surface area contributed by atoms with Gasteiger partial charge in [-0.15, -0.1) is 0 Å². The molecule has 0 spiro atoms. The Morgan fingerprint density at radius 1 is 1.25 bits per heavy atom. The second-order valence-corrected chi connectivity index (χ2v) is 8.80. The maximum atomic E-state index is 11.2. The van der Waals surface area contributed by atoms with Gasteiger partial charge in [-0.1, -0.05) is 23.7 Å². The number of carbonyl (C=O) groups is 1. The van der Waals surface area contributed by atoms with Crippen LogP contribution in [0, 0.1) is 0 Å². The third-order valence-electron chi connectivity index (χ3n) is 4.93. The molecule has 2 aromatic carbocycles. The quantitative estimate of drug-likeness (QED) is 0.432. The summed E-state index contributed by atoms with van der Waals surface area (Å²) in [5.41, 5.74) is 7.76. The third kappa shape index (κ3) is 5.33. The zero-order valence-corrected chi connectivity index (χ0v) is 17.9. The summed E-state index contributed by atoms with van der Waals surface area (Å²) in [5, 5.41) is 3.97. The topological polar surface area (TPSA) is 128 Å². The van der Waals surface area contributed by atoms with Crippen LogP contribution in [0.1, 0.15) is 28.2 Å². The molecule has 4 N–H and O–H groups in total. The average molecular weight is 495 g/mol. The standard InChI is InChI=1S/C17H16ClNO5S.C2H2F3NO/c18-16-13-5-6-19-8-15(14(13)7-11-9-23-24-17(11)16)10-1-3-12(4-2-10)25(20,21)22;3-2(4,5)1(6)7/h1-4,7,15,19H,5-6,8-9H2,(H,20,21,22);(H2,6,7). The molecule has 0 bridgehead atoms. The Balaban J connectivity index is 0.000000360. The molecule has 1 atom stereocenters. The van der Waals surface area contributed by atoms with Crippen molar-refractivity contribution >= 4 is 27.6 Å². The molecule has 0 fully saturated rings. The van der Waals surface area contributed by atoms with Gasteiger partial charge in [-0.3, -0.25) is 9.35 Å². The first-order valence-corrected chi connectivity index (χ1v) is 11.0. The maximum Gasteiger partial charge on any atom is 0.470 e. The molecule has 174 valence electrons. The van der Waals surface area contributed by atoms with Gasteiger partial charge in [0.15, 0.2) is 5.75 Å². The average Bonchev–Trinajstić information content (AvgIpc) is 3.07. The molecule has 0 aromatic heterocycles. The van der Waals surface area contributed by atoms with Crippen molar-refractivity contribution in [3.05, 3.63) is 57.6 Å². The van der Waals surface area contributed by atoms with Crippen LogP contribution in [-0.2, 0) is 32.8 Å². The minimum atomic E-state index is -4.86. The van der Waals surface area contributed by atoms with Gasteiger partial charge in [0.1, 0.15) is 6.61 Å². The van der Waals surface area contributed by atoms with E-state index in [1.807, 2.05) is 0 Å². The van der Waals surface area contributed by atoms with Crippen molar-refractivity contribution in [2.45, 2.75) is 30.0 Å². The van der Waals surface area contributed by atoms with E-state index < -0.39 is 22.2 Å². The SMILES string of the molecule is NC(=O)C(F)(F)F.O=S(=O)(O)c1ccc(C2CNCCc3c2cc2c(c3Cl)OOC2)cc1. The lowest BCUT2D eigenvalue weighted by Gasteiger charge is -2.20. The van der Waals surface area contributed by atoms with Gasteiger partial charge in [-0.05, 0) is 47.9 Å². The molecule has 1 unspecified atom stereocenters. The number of nitrogens with one attached hydrogen (secondary N) is 1. The lowest BCUT2D eigenvalue weighted by Crippen LogP contribution is -2.30. The predicted molar refractivity (Wildman–Crippen MR) is 107 cm³/mol. The maximum absolute atomic E-state index is 11.2. The number of hydrogen-bond donors (Lipinski definition) is 3. The molecule has 0 aliphatic carbocycles. The minimum Gasteiger partial charge on any atom is -0.362 e. The van der Waals surface area contributed by atoms with E-state index in [9.17, 15) is 21.6 Å². The van der Waals surface area contributed by atoms with E-state index in [1.165, 1.54) is 12.1 Å². The molecule has 2 aromatic rings. The Kier molecular flexibility index (Phi) is 7.00. The number of benzene rings is 2. The fourth-order valence-corrected chi connectivity index (χ4v) is 4.24. The van der Waals surface area contributed by atoms with Crippen LogP contribution in [0.15, 0.2) is 35.2 Å².